The topological polar surface area (TPSA) is 37.3 Å². The van der Waals surface area contributed by atoms with Crippen LogP contribution in [0.1, 0.15) is 19.8 Å². The zero-order valence-corrected chi connectivity index (χ0v) is 6.63. The van der Waals surface area contributed by atoms with Crippen molar-refractivity contribution in [3.05, 3.63) is 12.2 Å². The maximum absolute atomic E-state index is 10.8. The van der Waals surface area contributed by atoms with Gasteiger partial charge in [-0.3, -0.25) is 4.79 Å². The van der Waals surface area contributed by atoms with Gasteiger partial charge >= 0.3 is 0 Å². The summed E-state index contributed by atoms with van der Waals surface area (Å²) in [6.07, 6.45) is 4.24. The minimum Gasteiger partial charge on any atom is -0.396 e. The van der Waals surface area contributed by atoms with Gasteiger partial charge < -0.3 is 5.11 Å². The van der Waals surface area contributed by atoms with Gasteiger partial charge in [0.1, 0.15) is 0 Å². The molecule has 0 aliphatic rings. The van der Waals surface area contributed by atoms with E-state index >= 15 is 0 Å². The van der Waals surface area contributed by atoms with E-state index in [4.69, 9.17) is 5.11 Å². The van der Waals surface area contributed by atoms with Gasteiger partial charge in [0, 0.05) is 13.0 Å². The second-order valence-electron chi connectivity index (χ2n) is 2.02. The van der Waals surface area contributed by atoms with Crippen molar-refractivity contribution in [1.29, 1.82) is 0 Å². The summed E-state index contributed by atoms with van der Waals surface area (Å²) < 4.78 is 0. The normalized spacial score (nSPS) is 9.27. The summed E-state index contributed by atoms with van der Waals surface area (Å²) >= 11 is 0. The van der Waals surface area contributed by atoms with E-state index in [1.54, 1.807) is 12.2 Å². The third kappa shape index (κ3) is 6.82. The lowest BCUT2D eigenvalue weighted by Crippen LogP contribution is -1.94. The van der Waals surface area contributed by atoms with Crippen molar-refractivity contribution in [2.24, 2.45) is 0 Å². The summed E-state index contributed by atoms with van der Waals surface area (Å²) in [7, 11) is 0. The van der Waals surface area contributed by atoms with Gasteiger partial charge in [-0.15, -0.1) is 0 Å². The number of carbonyl (C=O) groups is 1. The highest BCUT2D eigenvalue weighted by molar-refractivity contribution is 5.95. The number of aliphatic hydroxyl groups excluding tert-OH is 1. The molecule has 0 unspecified atom stereocenters. The minimum atomic E-state index is -0.114. The molecule has 2 nitrogen and oxygen atoms in total. The molecule has 0 amide bonds. The number of hydrogen-bond donors (Lipinski definition) is 1. The second kappa shape index (κ2) is 7.04. The maximum atomic E-state index is 10.8. The summed E-state index contributed by atoms with van der Waals surface area (Å²) in [5, 5.41) is 8.37. The molecule has 0 aromatic rings. The summed E-state index contributed by atoms with van der Waals surface area (Å²) in [5.41, 5.74) is 0. The van der Waals surface area contributed by atoms with Crippen molar-refractivity contribution in [1.82, 2.24) is 0 Å². The van der Waals surface area contributed by atoms with Crippen LogP contribution in [0.2, 0.25) is 0 Å². The number of Topliss-reactive ketones (excluding diaryl/α,β-unsaturated/α-hetero) is 1. The number of hydrogen-bond acceptors (Lipinski definition) is 2. The van der Waals surface area contributed by atoms with E-state index in [9.17, 15) is 4.79 Å². The fourth-order valence-corrected chi connectivity index (χ4v) is 0.508. The van der Waals surface area contributed by atoms with Gasteiger partial charge in [0.2, 0.25) is 5.78 Å². The molecule has 0 aromatic heterocycles. The Kier molecular flexibility index (Phi) is 6.36. The standard InChI is InChI=1S/C9H12O2/c1-2-3-4-6-9(11)7-5-8-10/h2-3,10H,5,7-8H2,1H3/b3-2-. The molecule has 0 aliphatic heterocycles. The Morgan fingerprint density at radius 2 is 2.36 bits per heavy atom. The van der Waals surface area contributed by atoms with E-state index in [0.717, 1.165) is 0 Å². The van der Waals surface area contributed by atoms with Crippen LogP contribution in [0.5, 0.6) is 0 Å². The first kappa shape index (κ1) is 9.93. The molecule has 0 radical (unpaired) electrons. The minimum absolute atomic E-state index is 0.0526. The van der Waals surface area contributed by atoms with Gasteiger partial charge in [0.15, 0.2) is 0 Å². The zero-order chi connectivity index (χ0) is 8.53. The van der Waals surface area contributed by atoms with Crippen molar-refractivity contribution in [3.63, 3.8) is 0 Å². The average molecular weight is 152 g/mol. The summed E-state index contributed by atoms with van der Waals surface area (Å²) in [6.45, 7) is 1.89. The van der Waals surface area contributed by atoms with Crippen LogP contribution < -0.4 is 0 Å². The number of carbonyl (C=O) groups excluding carboxylic acids is 1. The first-order valence-electron chi connectivity index (χ1n) is 3.57. The second-order valence-corrected chi connectivity index (χ2v) is 2.02. The highest BCUT2D eigenvalue weighted by atomic mass is 16.3. The van der Waals surface area contributed by atoms with Gasteiger partial charge in [0.25, 0.3) is 0 Å². The molecule has 0 atom stereocenters. The molecule has 1 N–H and O–H groups in total. The molecule has 2 heteroatoms. The smallest absolute Gasteiger partial charge is 0.205 e. The number of allylic oxidation sites excluding steroid dienone is 2. The number of ketones is 1. The van der Waals surface area contributed by atoms with Crippen LogP contribution in [0.15, 0.2) is 12.2 Å². The van der Waals surface area contributed by atoms with E-state index < -0.39 is 0 Å². The maximum Gasteiger partial charge on any atom is 0.205 e. The Morgan fingerprint density at radius 1 is 1.64 bits per heavy atom. The quantitative estimate of drug-likeness (QED) is 0.482. The Balaban J connectivity index is 3.62. The Morgan fingerprint density at radius 3 is 2.91 bits per heavy atom. The van der Waals surface area contributed by atoms with Crippen molar-refractivity contribution in [2.75, 3.05) is 6.61 Å². The van der Waals surface area contributed by atoms with Gasteiger partial charge in [0.05, 0.1) is 0 Å². The predicted molar refractivity (Wildman–Crippen MR) is 43.9 cm³/mol. The molecule has 11 heavy (non-hydrogen) atoms. The van der Waals surface area contributed by atoms with Crippen LogP contribution >= 0.6 is 0 Å². The van der Waals surface area contributed by atoms with Crippen LogP contribution in [-0.4, -0.2) is 17.5 Å². The molecule has 0 fully saturated rings. The van der Waals surface area contributed by atoms with Crippen molar-refractivity contribution in [2.45, 2.75) is 19.8 Å². The van der Waals surface area contributed by atoms with E-state index in [2.05, 4.69) is 11.8 Å². The molecule has 60 valence electrons. The van der Waals surface area contributed by atoms with Crippen LogP contribution in [0.3, 0.4) is 0 Å². The van der Waals surface area contributed by atoms with Crippen molar-refractivity contribution >= 4 is 5.78 Å². The first-order chi connectivity index (χ1) is 5.31. The van der Waals surface area contributed by atoms with Gasteiger partial charge in [-0.1, -0.05) is 12.0 Å². The van der Waals surface area contributed by atoms with Crippen LogP contribution in [0, 0.1) is 11.8 Å². The Labute approximate surface area is 66.9 Å². The van der Waals surface area contributed by atoms with Crippen molar-refractivity contribution < 1.29 is 9.90 Å². The van der Waals surface area contributed by atoms with E-state index in [-0.39, 0.29) is 12.4 Å². The molecule has 0 saturated heterocycles. The molecule has 0 heterocycles. The van der Waals surface area contributed by atoms with Gasteiger partial charge in [-0.05, 0) is 25.3 Å². The molecular weight excluding hydrogens is 140 g/mol. The van der Waals surface area contributed by atoms with Gasteiger partial charge in [-0.2, -0.15) is 0 Å². The molecule has 0 saturated carbocycles. The molecule has 0 aromatic carbocycles. The van der Waals surface area contributed by atoms with Crippen LogP contribution in [0.4, 0.5) is 0 Å². The summed E-state index contributed by atoms with van der Waals surface area (Å²) in [5.74, 6) is 4.90. The van der Waals surface area contributed by atoms with Gasteiger partial charge in [-0.25, -0.2) is 0 Å². The first-order valence-corrected chi connectivity index (χ1v) is 3.57. The lowest BCUT2D eigenvalue weighted by atomic mass is 10.2. The monoisotopic (exact) mass is 152 g/mol. The highest BCUT2D eigenvalue weighted by Gasteiger charge is 1.93. The Bertz CT molecular complexity index is 193. The number of rotatable bonds is 3. The van der Waals surface area contributed by atoms with E-state index in [0.29, 0.717) is 12.8 Å². The molecule has 0 spiro atoms. The largest absolute Gasteiger partial charge is 0.396 e. The van der Waals surface area contributed by atoms with Crippen molar-refractivity contribution in [3.8, 4) is 11.8 Å². The van der Waals surface area contributed by atoms with Crippen LogP contribution in [-0.2, 0) is 4.79 Å². The van der Waals surface area contributed by atoms with E-state index in [1.165, 1.54) is 0 Å². The lowest BCUT2D eigenvalue weighted by Gasteiger charge is -1.86. The lowest BCUT2D eigenvalue weighted by molar-refractivity contribution is -0.114. The zero-order valence-electron chi connectivity index (χ0n) is 6.63. The molecular formula is C9H12O2. The fraction of sp³-hybridized carbons (Fsp3) is 0.444. The Hall–Kier alpha value is -1.07. The molecule has 0 bridgehead atoms. The van der Waals surface area contributed by atoms with Crippen LogP contribution in [0.25, 0.3) is 0 Å². The summed E-state index contributed by atoms with van der Waals surface area (Å²) in [4.78, 5) is 10.8. The molecule has 0 aliphatic carbocycles. The predicted octanol–water partition coefficient (Wildman–Crippen LogP) is 0.907. The fourth-order valence-electron chi connectivity index (χ4n) is 0.508. The molecule has 0 rings (SSSR count). The summed E-state index contributed by atoms with van der Waals surface area (Å²) in [6, 6.07) is 0. The van der Waals surface area contributed by atoms with E-state index in [1.807, 2.05) is 6.92 Å². The third-order valence-electron chi connectivity index (χ3n) is 1.02. The SMILES string of the molecule is C/C=C\C#CC(=O)CCCO. The average Bonchev–Trinajstić information content (AvgIpc) is 2.01. The number of aliphatic hydroxyl groups is 1. The highest BCUT2D eigenvalue weighted by Crippen LogP contribution is 1.87. The third-order valence-corrected chi connectivity index (χ3v) is 1.02.